The van der Waals surface area contributed by atoms with E-state index in [1.54, 1.807) is 4.90 Å². The van der Waals surface area contributed by atoms with Crippen LogP contribution in [0.1, 0.15) is 29.4 Å². The first kappa shape index (κ1) is 19.8. The number of nitrogens with zero attached hydrogens (tertiary/aromatic N) is 2. The summed E-state index contributed by atoms with van der Waals surface area (Å²) < 4.78 is 0. The average Bonchev–Trinajstić information content (AvgIpc) is 3.26. The minimum atomic E-state index is -0.714. The smallest absolute Gasteiger partial charge is 0.311 e. The molecule has 8 nitrogen and oxygen atoms in total. The number of H-pyrrole nitrogens is 1. The number of amides is 2. The van der Waals surface area contributed by atoms with Gasteiger partial charge in [-0.15, -0.1) is 0 Å². The van der Waals surface area contributed by atoms with Crippen molar-refractivity contribution in [3.8, 4) is 0 Å². The summed E-state index contributed by atoms with van der Waals surface area (Å²) in [6.07, 6.45) is 0.806. The fourth-order valence-corrected chi connectivity index (χ4v) is 3.94. The van der Waals surface area contributed by atoms with Crippen LogP contribution in [0.25, 0.3) is 10.8 Å². The Morgan fingerprint density at radius 1 is 1.20 bits per heavy atom. The predicted molar refractivity (Wildman–Crippen MR) is 112 cm³/mol. The van der Waals surface area contributed by atoms with Crippen LogP contribution in [0.3, 0.4) is 0 Å². The molecule has 0 aliphatic carbocycles. The van der Waals surface area contributed by atoms with Crippen molar-refractivity contribution in [2.24, 2.45) is 5.73 Å². The van der Waals surface area contributed by atoms with Crippen LogP contribution in [-0.4, -0.2) is 39.8 Å². The molecule has 4 N–H and O–H groups in total. The Kier molecular flexibility index (Phi) is 5.58. The molecule has 30 heavy (non-hydrogen) atoms. The van der Waals surface area contributed by atoms with Gasteiger partial charge in [0.2, 0.25) is 0 Å². The quantitative estimate of drug-likeness (QED) is 0.560. The average molecular weight is 405 g/mol. The first-order chi connectivity index (χ1) is 14.5. The third-order valence-corrected chi connectivity index (χ3v) is 5.40. The number of nitrogens with two attached hydrogens (primary N) is 1. The van der Waals surface area contributed by atoms with Crippen molar-refractivity contribution in [3.63, 3.8) is 0 Å². The molecule has 0 radical (unpaired) electrons. The monoisotopic (exact) mass is 405 g/mol. The van der Waals surface area contributed by atoms with Gasteiger partial charge < -0.3 is 20.9 Å². The van der Waals surface area contributed by atoms with Gasteiger partial charge in [-0.05, 0) is 22.8 Å². The third-order valence-electron chi connectivity index (χ3n) is 5.40. The largest absolute Gasteiger partial charge is 0.341 e. The molecular weight excluding hydrogens is 382 g/mol. The summed E-state index contributed by atoms with van der Waals surface area (Å²) in [5.41, 5.74) is 6.78. The maximum Gasteiger partial charge on any atom is 0.311 e. The molecule has 2 heterocycles. The maximum atomic E-state index is 12.6. The number of fused-ring (bicyclic) bond motifs is 1. The maximum absolute atomic E-state index is 12.6. The number of hydrogen-bond donors (Lipinski definition) is 3. The first-order valence-corrected chi connectivity index (χ1v) is 9.89. The zero-order valence-electron chi connectivity index (χ0n) is 16.4. The molecule has 1 fully saturated rings. The highest BCUT2D eigenvalue weighted by atomic mass is 16.2. The number of carbonyl (C=O) groups is 2. The Hall–Kier alpha value is -3.52. The zero-order chi connectivity index (χ0) is 21.1. The van der Waals surface area contributed by atoms with Gasteiger partial charge in [0, 0.05) is 31.6 Å². The molecule has 4 rings (SSSR count). The summed E-state index contributed by atoms with van der Waals surface area (Å²) in [6, 6.07) is 15.7. The normalized spacial score (nSPS) is 16.0. The second-order valence-electron chi connectivity index (χ2n) is 7.38. The van der Waals surface area contributed by atoms with Crippen LogP contribution < -0.4 is 16.6 Å². The second kappa shape index (κ2) is 8.46. The number of hydrogen-bond acceptors (Lipinski definition) is 5. The Morgan fingerprint density at radius 2 is 2.00 bits per heavy atom. The van der Waals surface area contributed by atoms with Crippen LogP contribution in [0.5, 0.6) is 0 Å². The van der Waals surface area contributed by atoms with Crippen molar-refractivity contribution in [2.45, 2.75) is 25.4 Å². The Bertz CT molecular complexity index is 1150. The van der Waals surface area contributed by atoms with Crippen LogP contribution in [0, 0.1) is 0 Å². The lowest BCUT2D eigenvalue weighted by Crippen LogP contribution is -2.42. The van der Waals surface area contributed by atoms with E-state index < -0.39 is 11.8 Å². The van der Waals surface area contributed by atoms with E-state index in [4.69, 9.17) is 5.73 Å². The molecule has 1 unspecified atom stereocenters. The van der Waals surface area contributed by atoms with E-state index in [9.17, 15) is 14.4 Å². The number of carbonyl (C=O) groups excluding carboxylic acids is 2. The zero-order valence-corrected chi connectivity index (χ0v) is 16.4. The fraction of sp³-hybridized carbons (Fsp3) is 0.273. The van der Waals surface area contributed by atoms with E-state index in [0.29, 0.717) is 18.8 Å². The predicted octanol–water partition coefficient (Wildman–Crippen LogP) is 1.01. The van der Waals surface area contributed by atoms with Gasteiger partial charge in [-0.2, -0.15) is 0 Å². The van der Waals surface area contributed by atoms with Gasteiger partial charge in [-0.25, -0.2) is 4.98 Å². The van der Waals surface area contributed by atoms with Gasteiger partial charge in [0.15, 0.2) is 0 Å². The van der Waals surface area contributed by atoms with Crippen LogP contribution in [-0.2, 0) is 22.7 Å². The van der Waals surface area contributed by atoms with Gasteiger partial charge >= 0.3 is 11.8 Å². The second-order valence-corrected chi connectivity index (χ2v) is 7.38. The van der Waals surface area contributed by atoms with Crippen molar-refractivity contribution >= 4 is 22.6 Å². The summed E-state index contributed by atoms with van der Waals surface area (Å²) in [4.78, 5) is 44.8. The molecule has 1 saturated heterocycles. The lowest BCUT2D eigenvalue weighted by Gasteiger charge is -2.17. The molecular formula is C22H23N5O3. The SMILES string of the molecule is NCc1cc(=O)[nH]c(CNC(=O)C(=O)N2CCC(c3cccc4ccccc34)C2)n1. The molecule has 2 amide bonds. The van der Waals surface area contributed by atoms with Crippen LogP contribution in [0.2, 0.25) is 0 Å². The van der Waals surface area contributed by atoms with Gasteiger partial charge in [-0.1, -0.05) is 42.5 Å². The summed E-state index contributed by atoms with van der Waals surface area (Å²) >= 11 is 0. The number of aromatic amines is 1. The minimum Gasteiger partial charge on any atom is -0.341 e. The highest BCUT2D eigenvalue weighted by Gasteiger charge is 2.31. The van der Waals surface area contributed by atoms with Gasteiger partial charge in [0.25, 0.3) is 5.56 Å². The molecule has 0 saturated carbocycles. The van der Waals surface area contributed by atoms with E-state index in [-0.39, 0.29) is 30.4 Å². The van der Waals surface area contributed by atoms with Crippen molar-refractivity contribution in [1.82, 2.24) is 20.2 Å². The summed E-state index contributed by atoms with van der Waals surface area (Å²) in [5, 5.41) is 4.88. The summed E-state index contributed by atoms with van der Waals surface area (Å²) in [7, 11) is 0. The topological polar surface area (TPSA) is 121 Å². The molecule has 154 valence electrons. The molecule has 3 aromatic rings. The molecule has 1 aromatic heterocycles. The van der Waals surface area contributed by atoms with E-state index in [2.05, 4.69) is 39.6 Å². The van der Waals surface area contributed by atoms with Crippen molar-refractivity contribution in [3.05, 3.63) is 76.0 Å². The number of likely N-dealkylation sites (tertiary alicyclic amines) is 1. The molecule has 1 aliphatic rings. The highest BCUT2D eigenvalue weighted by Crippen LogP contribution is 2.32. The summed E-state index contributed by atoms with van der Waals surface area (Å²) in [5.74, 6) is -0.837. The molecule has 0 bridgehead atoms. The lowest BCUT2D eigenvalue weighted by molar-refractivity contribution is -0.145. The van der Waals surface area contributed by atoms with Crippen LogP contribution >= 0.6 is 0 Å². The minimum absolute atomic E-state index is 0.0474. The van der Waals surface area contributed by atoms with Crippen molar-refractivity contribution in [1.29, 1.82) is 0 Å². The lowest BCUT2D eigenvalue weighted by atomic mass is 9.93. The number of nitrogens with one attached hydrogen (secondary N) is 2. The molecule has 1 aliphatic heterocycles. The fourth-order valence-electron chi connectivity index (χ4n) is 3.94. The molecule has 1 atom stereocenters. The van der Waals surface area contributed by atoms with Crippen LogP contribution in [0.4, 0.5) is 0 Å². The van der Waals surface area contributed by atoms with Gasteiger partial charge in [0.05, 0.1) is 12.2 Å². The Balaban J connectivity index is 1.40. The molecule has 0 spiro atoms. The first-order valence-electron chi connectivity index (χ1n) is 9.89. The standard InChI is InChI=1S/C22H23N5O3/c23-11-16-10-20(28)26-19(25-16)12-24-21(29)22(30)27-9-8-15(13-27)18-7-3-5-14-4-1-2-6-17(14)18/h1-7,10,15H,8-9,11-13,23H2,(H,24,29)(H,25,26,28). The van der Waals surface area contributed by atoms with E-state index in [1.807, 2.05) is 18.2 Å². The van der Waals surface area contributed by atoms with E-state index in [1.165, 1.54) is 22.4 Å². The van der Waals surface area contributed by atoms with Crippen LogP contribution in [0.15, 0.2) is 53.3 Å². The van der Waals surface area contributed by atoms with Crippen molar-refractivity contribution in [2.75, 3.05) is 13.1 Å². The highest BCUT2D eigenvalue weighted by molar-refractivity contribution is 6.35. The third kappa shape index (κ3) is 4.08. The number of benzene rings is 2. The number of aromatic nitrogens is 2. The van der Waals surface area contributed by atoms with Crippen molar-refractivity contribution < 1.29 is 9.59 Å². The Labute approximate surface area is 173 Å². The molecule has 2 aromatic carbocycles. The van der Waals surface area contributed by atoms with Gasteiger partial charge in [-0.3, -0.25) is 14.4 Å². The van der Waals surface area contributed by atoms with E-state index >= 15 is 0 Å². The Morgan fingerprint density at radius 3 is 2.83 bits per heavy atom. The van der Waals surface area contributed by atoms with Gasteiger partial charge in [0.1, 0.15) is 5.82 Å². The molecule has 8 heteroatoms. The summed E-state index contributed by atoms with van der Waals surface area (Å²) in [6.45, 7) is 1.09. The van der Waals surface area contributed by atoms with E-state index in [0.717, 1.165) is 6.42 Å². The number of rotatable bonds is 4.